The predicted octanol–water partition coefficient (Wildman–Crippen LogP) is 5.29. The van der Waals surface area contributed by atoms with Gasteiger partial charge in [0.2, 0.25) is 0 Å². The zero-order valence-electron chi connectivity index (χ0n) is 16.3. The molecule has 2 aromatic carbocycles. The molecule has 3 aromatic rings. The Kier molecular flexibility index (Phi) is 5.97. The predicted molar refractivity (Wildman–Crippen MR) is 120 cm³/mol. The van der Waals surface area contributed by atoms with Crippen molar-refractivity contribution in [2.45, 2.75) is 26.3 Å². The van der Waals surface area contributed by atoms with E-state index in [1.165, 1.54) is 0 Å². The third-order valence-corrected chi connectivity index (χ3v) is 5.61. The van der Waals surface area contributed by atoms with Crippen molar-refractivity contribution < 1.29 is 4.79 Å². The molecule has 0 aliphatic carbocycles. The second kappa shape index (κ2) is 8.81. The molecule has 0 saturated carbocycles. The van der Waals surface area contributed by atoms with E-state index in [0.29, 0.717) is 28.0 Å². The Morgan fingerprint density at radius 3 is 2.63 bits per heavy atom. The molecule has 0 fully saturated rings. The van der Waals surface area contributed by atoms with Crippen LogP contribution in [0, 0.1) is 6.92 Å². The summed E-state index contributed by atoms with van der Waals surface area (Å²) in [4.78, 5) is 17.1. The van der Waals surface area contributed by atoms with E-state index in [1.54, 1.807) is 16.8 Å². The van der Waals surface area contributed by atoms with E-state index in [4.69, 9.17) is 23.2 Å². The minimum absolute atomic E-state index is 0.279. The lowest BCUT2D eigenvalue weighted by Gasteiger charge is -2.09. The monoisotopic (exact) mass is 439 g/mol. The van der Waals surface area contributed by atoms with Crippen LogP contribution in [0.1, 0.15) is 40.2 Å². The van der Waals surface area contributed by atoms with Crippen molar-refractivity contribution in [2.24, 2.45) is 4.99 Å². The van der Waals surface area contributed by atoms with Crippen LogP contribution in [0.4, 0.5) is 5.69 Å². The number of carbonyl (C=O) groups is 1. The molecule has 30 heavy (non-hydrogen) atoms. The van der Waals surface area contributed by atoms with Gasteiger partial charge in [0.15, 0.2) is 5.69 Å². The molecule has 0 bridgehead atoms. The van der Waals surface area contributed by atoms with Crippen LogP contribution < -0.4 is 5.32 Å². The molecule has 0 unspecified atom stereocenters. The summed E-state index contributed by atoms with van der Waals surface area (Å²) in [5.74, 6) is -0.307. The molecule has 1 aliphatic rings. The number of aromatic nitrogens is 3. The number of halogens is 2. The number of benzene rings is 2. The molecular weight excluding hydrogens is 421 g/mol. The number of amides is 1. The van der Waals surface area contributed by atoms with Crippen LogP contribution in [0.2, 0.25) is 10.0 Å². The Labute approximate surface area is 184 Å². The largest absolute Gasteiger partial charge is 0.321 e. The summed E-state index contributed by atoms with van der Waals surface area (Å²) in [7, 11) is 0. The fraction of sp³-hybridized carbons (Fsp3) is 0.182. The van der Waals surface area contributed by atoms with Gasteiger partial charge in [-0.25, -0.2) is 4.68 Å². The molecule has 1 aromatic heterocycles. The van der Waals surface area contributed by atoms with Crippen molar-refractivity contribution >= 4 is 40.5 Å². The van der Waals surface area contributed by atoms with Crippen molar-refractivity contribution in [2.75, 3.05) is 5.32 Å². The number of anilines is 1. The highest BCUT2D eigenvalue weighted by Crippen LogP contribution is 2.23. The number of carbonyl (C=O) groups excluding carboxylic acids is 1. The summed E-state index contributed by atoms with van der Waals surface area (Å²) >= 11 is 12.0. The third kappa shape index (κ3) is 4.45. The zero-order valence-corrected chi connectivity index (χ0v) is 17.8. The highest BCUT2D eigenvalue weighted by Gasteiger charge is 2.17. The fourth-order valence-corrected chi connectivity index (χ4v) is 3.51. The third-order valence-electron chi connectivity index (χ3n) is 4.87. The van der Waals surface area contributed by atoms with Crippen LogP contribution in [0.15, 0.2) is 59.7 Å². The quantitative estimate of drug-likeness (QED) is 0.586. The molecule has 1 N–H and O–H groups in total. The number of nitrogens with one attached hydrogen (secondary N) is 1. The van der Waals surface area contributed by atoms with E-state index in [-0.39, 0.29) is 11.6 Å². The smallest absolute Gasteiger partial charge is 0.278 e. The lowest BCUT2D eigenvalue weighted by molar-refractivity contribution is 0.102. The normalized spacial score (nSPS) is 13.2. The van der Waals surface area contributed by atoms with Crippen molar-refractivity contribution in [3.63, 3.8) is 0 Å². The summed E-state index contributed by atoms with van der Waals surface area (Å²) < 4.78 is 1.66. The lowest BCUT2D eigenvalue weighted by Crippen LogP contribution is -2.14. The van der Waals surface area contributed by atoms with E-state index >= 15 is 0 Å². The molecule has 4 rings (SSSR count). The Morgan fingerprint density at radius 2 is 1.93 bits per heavy atom. The summed E-state index contributed by atoms with van der Waals surface area (Å²) in [6, 6.07) is 13.0. The number of aliphatic imine (C=N–C) groups is 1. The molecule has 8 heteroatoms. The number of nitrogens with zero attached hydrogens (tertiary/aromatic N) is 4. The van der Waals surface area contributed by atoms with Crippen molar-refractivity contribution in [1.29, 1.82) is 0 Å². The lowest BCUT2D eigenvalue weighted by atomic mass is 10.0. The Bertz CT molecular complexity index is 1150. The van der Waals surface area contributed by atoms with E-state index in [2.05, 4.69) is 26.7 Å². The average molecular weight is 440 g/mol. The van der Waals surface area contributed by atoms with E-state index in [1.807, 2.05) is 43.5 Å². The van der Waals surface area contributed by atoms with Gasteiger partial charge in [-0.1, -0.05) is 52.7 Å². The van der Waals surface area contributed by atoms with E-state index in [0.717, 1.165) is 29.7 Å². The highest BCUT2D eigenvalue weighted by atomic mass is 35.5. The summed E-state index contributed by atoms with van der Waals surface area (Å²) in [6.45, 7) is 2.25. The van der Waals surface area contributed by atoms with Gasteiger partial charge >= 0.3 is 0 Å². The van der Waals surface area contributed by atoms with E-state index < -0.39 is 0 Å². The Morgan fingerprint density at radius 1 is 1.13 bits per heavy atom. The van der Waals surface area contributed by atoms with Gasteiger partial charge in [0.05, 0.1) is 22.3 Å². The first kappa shape index (κ1) is 20.3. The molecule has 0 spiro atoms. The first-order chi connectivity index (χ1) is 14.5. The van der Waals surface area contributed by atoms with Crippen molar-refractivity contribution in [3.05, 3.63) is 87.3 Å². The van der Waals surface area contributed by atoms with Crippen LogP contribution in [0.25, 0.3) is 0 Å². The standard InChI is InChI=1S/C22H19Cl2N5O/c1-14-21(27-28-29(14)13-15-5-10-18(23)19(24)12-15)22(30)26-17-8-6-16(7-9-17)20-4-2-3-11-25-20/h3,5-12H,2,4,13H2,1H3,(H,26,30). The minimum atomic E-state index is -0.307. The van der Waals surface area contributed by atoms with Gasteiger partial charge in [-0.05, 0) is 55.2 Å². The second-order valence-electron chi connectivity index (χ2n) is 6.96. The molecule has 2 heterocycles. The maximum absolute atomic E-state index is 12.7. The average Bonchev–Trinajstić information content (AvgIpc) is 3.12. The van der Waals surface area contributed by atoms with Crippen LogP contribution in [-0.4, -0.2) is 26.6 Å². The summed E-state index contributed by atoms with van der Waals surface area (Å²) in [5.41, 5.74) is 4.66. The highest BCUT2D eigenvalue weighted by molar-refractivity contribution is 6.42. The zero-order chi connectivity index (χ0) is 21.1. The number of allylic oxidation sites excluding steroid dienone is 1. The van der Waals surface area contributed by atoms with Gasteiger partial charge in [-0.3, -0.25) is 9.79 Å². The molecular formula is C22H19Cl2N5O. The first-order valence-electron chi connectivity index (χ1n) is 9.49. The molecule has 152 valence electrons. The van der Waals surface area contributed by atoms with Crippen molar-refractivity contribution in [3.8, 4) is 0 Å². The topological polar surface area (TPSA) is 72.2 Å². The molecule has 0 saturated heterocycles. The summed E-state index contributed by atoms with van der Waals surface area (Å²) in [5, 5.41) is 12.0. The van der Waals surface area contributed by atoms with Gasteiger partial charge < -0.3 is 5.32 Å². The molecule has 0 radical (unpaired) electrons. The van der Waals surface area contributed by atoms with Gasteiger partial charge in [0.1, 0.15) is 0 Å². The Balaban J connectivity index is 1.45. The fourth-order valence-electron chi connectivity index (χ4n) is 3.19. The molecule has 0 atom stereocenters. The van der Waals surface area contributed by atoms with Crippen LogP contribution in [-0.2, 0) is 6.54 Å². The number of rotatable bonds is 5. The SMILES string of the molecule is Cc1c(C(=O)Nc2ccc(C3=NC=CCC3)cc2)nnn1Cc1ccc(Cl)c(Cl)c1. The summed E-state index contributed by atoms with van der Waals surface area (Å²) in [6.07, 6.45) is 5.80. The number of hydrogen-bond donors (Lipinski definition) is 1. The van der Waals surface area contributed by atoms with Gasteiger partial charge in [0, 0.05) is 17.6 Å². The maximum atomic E-state index is 12.7. The van der Waals surface area contributed by atoms with Crippen LogP contribution in [0.3, 0.4) is 0 Å². The van der Waals surface area contributed by atoms with Gasteiger partial charge in [-0.15, -0.1) is 5.10 Å². The minimum Gasteiger partial charge on any atom is -0.321 e. The van der Waals surface area contributed by atoms with Crippen LogP contribution in [0.5, 0.6) is 0 Å². The van der Waals surface area contributed by atoms with Crippen LogP contribution >= 0.6 is 23.2 Å². The molecule has 1 amide bonds. The maximum Gasteiger partial charge on any atom is 0.278 e. The van der Waals surface area contributed by atoms with Gasteiger partial charge in [0.25, 0.3) is 5.91 Å². The molecule has 1 aliphatic heterocycles. The number of hydrogen-bond acceptors (Lipinski definition) is 4. The Hall–Kier alpha value is -2.96. The second-order valence-corrected chi connectivity index (χ2v) is 7.77. The van der Waals surface area contributed by atoms with E-state index in [9.17, 15) is 4.79 Å². The molecule has 6 nitrogen and oxygen atoms in total. The first-order valence-corrected chi connectivity index (χ1v) is 10.2. The van der Waals surface area contributed by atoms with Crippen molar-refractivity contribution in [1.82, 2.24) is 15.0 Å². The van der Waals surface area contributed by atoms with Gasteiger partial charge in [-0.2, -0.15) is 0 Å².